The number of sulfonamides is 1. The van der Waals surface area contributed by atoms with Gasteiger partial charge in [0.15, 0.2) is 0 Å². The van der Waals surface area contributed by atoms with Crippen molar-refractivity contribution in [2.24, 2.45) is 10.7 Å². The van der Waals surface area contributed by atoms with Crippen LogP contribution in [-0.2, 0) is 26.2 Å². The standard InChI is InChI=1S/C33H49N7O4S/c1-6-10-32(42)36-29-18-30(39(22-29)45(43,44)31-15-13-24(2)14-16-31)23-40(4,5)33(34)37-28-17-27(35-25(3)41)20-38(21-28)19-26-11-8-7-9-12-26/h7-9,11-16,27-30H,6,10,17-23H2,1-5H3,(H3-,34,35,36,37,41,42)/p+1/t27-,28?,29+,30?/m1/s1. The van der Waals surface area contributed by atoms with Gasteiger partial charge in [-0.1, -0.05) is 55.0 Å². The Morgan fingerprint density at radius 2 is 1.64 bits per heavy atom. The van der Waals surface area contributed by atoms with Crippen LogP contribution in [0.25, 0.3) is 0 Å². The summed E-state index contributed by atoms with van der Waals surface area (Å²) in [6, 6.07) is 16.2. The molecule has 2 aliphatic heterocycles. The fourth-order valence-corrected chi connectivity index (χ4v) is 8.08. The number of aryl methyl sites for hydroxylation is 1. The molecule has 11 nitrogen and oxygen atoms in total. The lowest BCUT2D eigenvalue weighted by Crippen LogP contribution is -2.57. The Labute approximate surface area is 268 Å². The van der Waals surface area contributed by atoms with Crippen molar-refractivity contribution in [2.45, 2.75) is 82.1 Å². The molecular formula is C33H50N7O4S+. The maximum absolute atomic E-state index is 13.9. The lowest BCUT2D eigenvalue weighted by molar-refractivity contribution is -0.803. The highest BCUT2D eigenvalue weighted by atomic mass is 32.2. The molecule has 2 fully saturated rings. The van der Waals surface area contributed by atoms with Crippen molar-refractivity contribution >= 4 is 27.8 Å². The fourth-order valence-electron chi connectivity index (χ4n) is 6.41. The summed E-state index contributed by atoms with van der Waals surface area (Å²) in [5.41, 5.74) is 8.88. The highest BCUT2D eigenvalue weighted by molar-refractivity contribution is 7.89. The predicted molar refractivity (Wildman–Crippen MR) is 177 cm³/mol. The SMILES string of the molecule is CCCC(=O)N[C@H]1CC(C[N+](C)(C)C(N)=NC2C[C@@H](NC(C)=O)CN(Cc3ccccc3)C2)N(S(=O)(=O)c2ccc(C)cc2)C1. The summed E-state index contributed by atoms with van der Waals surface area (Å²) >= 11 is 0. The predicted octanol–water partition coefficient (Wildman–Crippen LogP) is 2.21. The number of carbonyl (C=O) groups excluding carboxylic acids is 2. The number of likely N-dealkylation sites (N-methyl/N-ethyl adjacent to an activating group) is 1. The first-order valence-corrected chi connectivity index (χ1v) is 17.3. The molecule has 2 aromatic carbocycles. The molecule has 12 heteroatoms. The Bertz CT molecular complexity index is 1450. The van der Waals surface area contributed by atoms with Crippen LogP contribution in [0.2, 0.25) is 0 Å². The van der Waals surface area contributed by atoms with Crippen molar-refractivity contribution in [1.82, 2.24) is 19.8 Å². The third-order valence-electron chi connectivity index (χ3n) is 8.60. The maximum Gasteiger partial charge on any atom is 0.294 e. The van der Waals surface area contributed by atoms with Crippen LogP contribution in [-0.4, -0.2) is 104 Å². The molecule has 2 heterocycles. The lowest BCUT2D eigenvalue weighted by atomic mass is 10.0. The molecule has 45 heavy (non-hydrogen) atoms. The lowest BCUT2D eigenvalue weighted by Gasteiger charge is -2.38. The number of aliphatic imine (C=N–C) groups is 1. The molecule has 0 aromatic heterocycles. The van der Waals surface area contributed by atoms with E-state index in [2.05, 4.69) is 27.7 Å². The maximum atomic E-state index is 13.9. The summed E-state index contributed by atoms with van der Waals surface area (Å²) < 4.78 is 29.5. The average molecular weight is 641 g/mol. The molecule has 2 aliphatic rings. The quantitative estimate of drug-likeness (QED) is 0.196. The Kier molecular flexibility index (Phi) is 11.4. The molecule has 0 radical (unpaired) electrons. The van der Waals surface area contributed by atoms with Gasteiger partial charge in [-0.2, -0.15) is 4.31 Å². The van der Waals surface area contributed by atoms with Crippen LogP contribution in [0, 0.1) is 6.92 Å². The van der Waals surface area contributed by atoms with E-state index in [1.807, 2.05) is 46.1 Å². The molecule has 0 aliphatic carbocycles. The number of hydrogen-bond acceptors (Lipinski definition) is 6. The largest absolute Gasteiger partial charge is 0.352 e. The fraction of sp³-hybridized carbons (Fsp3) is 0.545. The summed E-state index contributed by atoms with van der Waals surface area (Å²) in [5.74, 6) is 0.246. The van der Waals surface area contributed by atoms with Gasteiger partial charge in [0.25, 0.3) is 5.96 Å². The summed E-state index contributed by atoms with van der Waals surface area (Å²) in [7, 11) is 0.0554. The second-order valence-electron chi connectivity index (χ2n) is 13.1. The summed E-state index contributed by atoms with van der Waals surface area (Å²) in [6.07, 6.45) is 2.26. The van der Waals surface area contributed by atoms with Crippen LogP contribution in [0.3, 0.4) is 0 Å². The smallest absolute Gasteiger partial charge is 0.294 e. The van der Waals surface area contributed by atoms with E-state index in [0.717, 1.165) is 25.1 Å². The molecule has 2 unspecified atom stereocenters. The summed E-state index contributed by atoms with van der Waals surface area (Å²) in [6.45, 7) is 8.12. The van der Waals surface area contributed by atoms with E-state index < -0.39 is 16.1 Å². The zero-order chi connectivity index (χ0) is 32.8. The minimum Gasteiger partial charge on any atom is -0.352 e. The van der Waals surface area contributed by atoms with Gasteiger partial charge in [-0.3, -0.25) is 19.0 Å². The number of guanidine groups is 1. The number of carbonyl (C=O) groups is 2. The third-order valence-corrected chi connectivity index (χ3v) is 10.5. The van der Waals surface area contributed by atoms with E-state index in [9.17, 15) is 18.0 Å². The zero-order valence-electron chi connectivity index (χ0n) is 27.3. The molecular weight excluding hydrogens is 590 g/mol. The second-order valence-corrected chi connectivity index (χ2v) is 15.0. The van der Waals surface area contributed by atoms with Gasteiger partial charge >= 0.3 is 0 Å². The first-order valence-electron chi connectivity index (χ1n) is 15.8. The second kappa shape index (κ2) is 14.8. The van der Waals surface area contributed by atoms with E-state index in [1.54, 1.807) is 24.3 Å². The van der Waals surface area contributed by atoms with E-state index in [4.69, 9.17) is 10.7 Å². The number of amides is 2. The molecule has 2 aromatic rings. The molecule has 0 spiro atoms. The molecule has 246 valence electrons. The number of quaternary nitrogens is 1. The van der Waals surface area contributed by atoms with Gasteiger partial charge < -0.3 is 16.4 Å². The molecule has 4 N–H and O–H groups in total. The summed E-state index contributed by atoms with van der Waals surface area (Å²) in [4.78, 5) is 31.9. The Morgan fingerprint density at radius 3 is 2.29 bits per heavy atom. The van der Waals surface area contributed by atoms with Gasteiger partial charge in [-0.05, 0) is 43.9 Å². The number of nitrogens with one attached hydrogen (secondary N) is 2. The highest BCUT2D eigenvalue weighted by Crippen LogP contribution is 2.29. The topological polar surface area (TPSA) is 137 Å². The first-order chi connectivity index (χ1) is 21.3. The van der Waals surface area contributed by atoms with Gasteiger partial charge in [0.05, 0.1) is 31.1 Å². The zero-order valence-corrected chi connectivity index (χ0v) is 28.1. The van der Waals surface area contributed by atoms with Gasteiger partial charge in [0, 0.05) is 51.6 Å². The van der Waals surface area contributed by atoms with Gasteiger partial charge in [0.2, 0.25) is 21.8 Å². The van der Waals surface area contributed by atoms with Crippen molar-refractivity contribution in [3.8, 4) is 0 Å². The van der Waals surface area contributed by atoms with Crippen LogP contribution in [0.4, 0.5) is 0 Å². The van der Waals surface area contributed by atoms with E-state index in [0.29, 0.717) is 38.3 Å². The van der Waals surface area contributed by atoms with Crippen molar-refractivity contribution < 1.29 is 22.5 Å². The van der Waals surface area contributed by atoms with Crippen LogP contribution in [0.1, 0.15) is 50.7 Å². The van der Waals surface area contributed by atoms with Gasteiger partial charge in [-0.25, -0.2) is 13.4 Å². The van der Waals surface area contributed by atoms with E-state index >= 15 is 0 Å². The number of rotatable bonds is 11. The molecule has 2 saturated heterocycles. The van der Waals surface area contributed by atoms with Gasteiger partial charge in [-0.15, -0.1) is 0 Å². The van der Waals surface area contributed by atoms with Crippen molar-refractivity contribution in [3.05, 3.63) is 65.7 Å². The highest BCUT2D eigenvalue weighted by Gasteiger charge is 2.44. The van der Waals surface area contributed by atoms with Crippen molar-refractivity contribution in [2.75, 3.05) is 40.3 Å². The number of hydrogen-bond donors (Lipinski definition) is 3. The van der Waals surface area contributed by atoms with Crippen molar-refractivity contribution in [1.29, 1.82) is 0 Å². The number of piperidine rings is 1. The van der Waals surface area contributed by atoms with Gasteiger partial charge in [0.1, 0.15) is 6.54 Å². The van der Waals surface area contributed by atoms with Crippen LogP contribution >= 0.6 is 0 Å². The molecule has 0 bridgehead atoms. The Balaban J connectivity index is 1.55. The number of likely N-dealkylation sites (tertiary alicyclic amines) is 1. The number of benzene rings is 2. The third kappa shape index (κ3) is 9.35. The Hall–Kier alpha value is -3.32. The minimum absolute atomic E-state index is 0.0606. The van der Waals surface area contributed by atoms with Crippen LogP contribution in [0.15, 0.2) is 64.5 Å². The van der Waals surface area contributed by atoms with Crippen molar-refractivity contribution in [3.63, 3.8) is 0 Å². The molecule has 4 atom stereocenters. The number of nitrogens with zero attached hydrogens (tertiary/aromatic N) is 4. The van der Waals surface area contributed by atoms with Crippen LogP contribution in [0.5, 0.6) is 0 Å². The molecule has 0 saturated carbocycles. The van der Waals surface area contributed by atoms with E-state index in [1.165, 1.54) is 16.8 Å². The Morgan fingerprint density at radius 1 is 0.978 bits per heavy atom. The minimum atomic E-state index is -3.82. The van der Waals surface area contributed by atoms with Crippen LogP contribution < -0.4 is 16.4 Å². The monoisotopic (exact) mass is 640 g/mol. The first kappa shape index (κ1) is 34.6. The molecule has 2 amide bonds. The normalized spacial score (nSPS) is 23.5. The average Bonchev–Trinajstić information content (AvgIpc) is 3.35. The summed E-state index contributed by atoms with van der Waals surface area (Å²) in [5, 5.41) is 6.11. The molecule has 4 rings (SSSR count). The van der Waals surface area contributed by atoms with E-state index in [-0.39, 0.29) is 45.9 Å². The number of nitrogens with two attached hydrogens (primary N) is 1.